The second kappa shape index (κ2) is 6.68. The van der Waals surface area contributed by atoms with E-state index in [9.17, 15) is 4.39 Å². The first-order valence-electron chi connectivity index (χ1n) is 8.04. The van der Waals surface area contributed by atoms with E-state index in [1.165, 1.54) is 6.07 Å². The molecule has 0 aliphatic rings. The molecule has 1 aromatic carbocycles. The van der Waals surface area contributed by atoms with Gasteiger partial charge in [0.15, 0.2) is 0 Å². The Bertz CT molecular complexity index is 1030. The highest BCUT2D eigenvalue weighted by Crippen LogP contribution is 2.27. The van der Waals surface area contributed by atoms with Gasteiger partial charge in [-0.15, -0.1) is 0 Å². The van der Waals surface area contributed by atoms with E-state index in [-0.39, 0.29) is 0 Å². The fourth-order valence-corrected chi connectivity index (χ4v) is 2.80. The number of anilines is 2. The first kappa shape index (κ1) is 15.3. The fourth-order valence-electron chi connectivity index (χ4n) is 2.80. The number of pyridine rings is 3. The van der Waals surface area contributed by atoms with Gasteiger partial charge in [-0.05, 0) is 30.3 Å². The summed E-state index contributed by atoms with van der Waals surface area (Å²) in [6.07, 6.45) is 3.56. The van der Waals surface area contributed by atoms with Gasteiger partial charge in [0.2, 0.25) is 5.95 Å². The smallest absolute Gasteiger partial charge is 0.214 e. The van der Waals surface area contributed by atoms with Crippen LogP contribution in [0.2, 0.25) is 0 Å². The van der Waals surface area contributed by atoms with Crippen LogP contribution in [0.5, 0.6) is 0 Å². The molecular weight excluding hydrogens is 317 g/mol. The summed E-state index contributed by atoms with van der Waals surface area (Å²) in [5, 5.41) is 8.57. The van der Waals surface area contributed by atoms with Gasteiger partial charge in [-0.3, -0.25) is 9.97 Å². The number of hydrogen-bond acceptors (Lipinski definition) is 5. The molecule has 0 spiro atoms. The van der Waals surface area contributed by atoms with E-state index in [1.54, 1.807) is 24.5 Å². The molecule has 0 radical (unpaired) electrons. The van der Waals surface area contributed by atoms with Gasteiger partial charge < -0.3 is 10.6 Å². The molecule has 5 nitrogen and oxygen atoms in total. The highest BCUT2D eigenvalue weighted by molar-refractivity contribution is 6.06. The zero-order valence-corrected chi connectivity index (χ0v) is 13.4. The summed E-state index contributed by atoms with van der Waals surface area (Å²) in [4.78, 5) is 12.7. The molecule has 4 aromatic rings. The van der Waals surface area contributed by atoms with E-state index in [0.29, 0.717) is 18.9 Å². The maximum Gasteiger partial charge on any atom is 0.214 e. The molecule has 0 atom stereocenters. The molecule has 2 N–H and O–H groups in total. The zero-order chi connectivity index (χ0) is 17.1. The van der Waals surface area contributed by atoms with Gasteiger partial charge in [0.05, 0.1) is 11.0 Å². The Balaban J connectivity index is 1.51. The van der Waals surface area contributed by atoms with Crippen molar-refractivity contribution in [3.8, 4) is 0 Å². The Morgan fingerprint density at radius 3 is 2.60 bits per heavy atom. The molecule has 25 heavy (non-hydrogen) atoms. The van der Waals surface area contributed by atoms with E-state index >= 15 is 0 Å². The normalized spacial score (nSPS) is 10.9. The van der Waals surface area contributed by atoms with Crippen molar-refractivity contribution in [3.63, 3.8) is 0 Å². The summed E-state index contributed by atoms with van der Waals surface area (Å²) in [7, 11) is 0. The Morgan fingerprint density at radius 1 is 0.800 bits per heavy atom. The molecule has 0 aliphatic carbocycles. The van der Waals surface area contributed by atoms with Crippen LogP contribution in [0.15, 0.2) is 60.9 Å². The summed E-state index contributed by atoms with van der Waals surface area (Å²) in [5.74, 6) is 0.0362. The van der Waals surface area contributed by atoms with Crippen LogP contribution in [0.4, 0.5) is 15.9 Å². The highest BCUT2D eigenvalue weighted by Gasteiger charge is 2.06. The molecule has 124 valence electrons. The van der Waals surface area contributed by atoms with Crippen LogP contribution in [0, 0.1) is 5.95 Å². The monoisotopic (exact) mass is 333 g/mol. The number of aromatic nitrogens is 3. The Hall–Kier alpha value is -3.28. The number of benzene rings is 1. The average molecular weight is 333 g/mol. The lowest BCUT2D eigenvalue weighted by molar-refractivity contribution is 0.585. The van der Waals surface area contributed by atoms with Crippen molar-refractivity contribution in [2.75, 3.05) is 23.7 Å². The van der Waals surface area contributed by atoms with Crippen molar-refractivity contribution in [3.05, 3.63) is 66.9 Å². The van der Waals surface area contributed by atoms with E-state index in [4.69, 9.17) is 0 Å². The van der Waals surface area contributed by atoms with Crippen LogP contribution in [0.3, 0.4) is 0 Å². The molecule has 0 saturated carbocycles. The lowest BCUT2D eigenvalue weighted by Crippen LogP contribution is -2.14. The molecule has 0 unspecified atom stereocenters. The van der Waals surface area contributed by atoms with Crippen LogP contribution in [-0.4, -0.2) is 28.0 Å². The Morgan fingerprint density at radius 2 is 1.68 bits per heavy atom. The minimum absolute atomic E-state index is 0.488. The molecule has 0 saturated heterocycles. The van der Waals surface area contributed by atoms with Crippen molar-refractivity contribution in [1.82, 2.24) is 15.0 Å². The van der Waals surface area contributed by atoms with Gasteiger partial charge >= 0.3 is 0 Å². The number of halogens is 1. The van der Waals surface area contributed by atoms with Gasteiger partial charge in [0, 0.05) is 41.9 Å². The highest BCUT2D eigenvalue weighted by atomic mass is 19.1. The molecule has 0 amide bonds. The predicted molar refractivity (Wildman–Crippen MR) is 98.2 cm³/mol. The topological polar surface area (TPSA) is 62.7 Å². The molecule has 4 rings (SSSR count). The molecule has 0 fully saturated rings. The minimum atomic E-state index is -0.488. The van der Waals surface area contributed by atoms with Crippen molar-refractivity contribution in [2.24, 2.45) is 0 Å². The van der Waals surface area contributed by atoms with Gasteiger partial charge in [-0.25, -0.2) is 4.98 Å². The summed E-state index contributed by atoms with van der Waals surface area (Å²) < 4.78 is 13.1. The number of nitrogens with one attached hydrogen (secondary N) is 2. The fraction of sp³-hybridized carbons (Fsp3) is 0.105. The number of nitrogens with zero attached hydrogens (tertiary/aromatic N) is 3. The van der Waals surface area contributed by atoms with Crippen molar-refractivity contribution >= 4 is 33.3 Å². The third-order valence-corrected chi connectivity index (χ3v) is 3.94. The lowest BCUT2D eigenvalue weighted by Gasteiger charge is -2.11. The maximum atomic E-state index is 13.1. The number of fused-ring (bicyclic) bond motifs is 3. The minimum Gasteiger partial charge on any atom is -0.383 e. The van der Waals surface area contributed by atoms with Crippen molar-refractivity contribution in [2.45, 2.75) is 0 Å². The van der Waals surface area contributed by atoms with Crippen LogP contribution >= 0.6 is 0 Å². The quantitative estimate of drug-likeness (QED) is 0.330. The van der Waals surface area contributed by atoms with Gasteiger partial charge in [0.1, 0.15) is 5.82 Å². The van der Waals surface area contributed by atoms with Gasteiger partial charge in [-0.2, -0.15) is 4.39 Å². The summed E-state index contributed by atoms with van der Waals surface area (Å²) in [6, 6.07) is 14.7. The van der Waals surface area contributed by atoms with E-state index in [1.807, 2.05) is 24.3 Å². The Kier molecular flexibility index (Phi) is 4.08. The lowest BCUT2D eigenvalue weighted by atomic mass is 10.1. The second-order valence-corrected chi connectivity index (χ2v) is 5.59. The first-order chi connectivity index (χ1) is 12.3. The maximum absolute atomic E-state index is 13.1. The zero-order valence-electron chi connectivity index (χ0n) is 13.4. The average Bonchev–Trinajstić information content (AvgIpc) is 2.65. The van der Waals surface area contributed by atoms with E-state index in [2.05, 4.69) is 31.7 Å². The molecule has 0 bridgehead atoms. The summed E-state index contributed by atoms with van der Waals surface area (Å²) in [5.41, 5.74) is 2.76. The Labute approximate surface area is 144 Å². The third-order valence-electron chi connectivity index (χ3n) is 3.94. The molecule has 3 heterocycles. The molecular formula is C19H16FN5. The largest absolute Gasteiger partial charge is 0.383 e. The van der Waals surface area contributed by atoms with Crippen LogP contribution in [-0.2, 0) is 0 Å². The van der Waals surface area contributed by atoms with E-state index < -0.39 is 5.95 Å². The number of rotatable bonds is 5. The first-order valence-corrected chi connectivity index (χ1v) is 8.04. The summed E-state index contributed by atoms with van der Waals surface area (Å²) >= 11 is 0. The van der Waals surface area contributed by atoms with Crippen LogP contribution in [0.1, 0.15) is 0 Å². The van der Waals surface area contributed by atoms with Crippen molar-refractivity contribution < 1.29 is 4.39 Å². The van der Waals surface area contributed by atoms with Crippen molar-refractivity contribution in [1.29, 1.82) is 0 Å². The third kappa shape index (κ3) is 3.19. The predicted octanol–water partition coefficient (Wildman–Crippen LogP) is 3.84. The molecule has 0 aliphatic heterocycles. The van der Waals surface area contributed by atoms with Gasteiger partial charge in [0.25, 0.3) is 0 Å². The SMILES string of the molecule is Fc1cccc(NCCNc2ccnc3c2ccc2cccnc23)n1. The van der Waals surface area contributed by atoms with Crippen LogP contribution in [0.25, 0.3) is 21.8 Å². The second-order valence-electron chi connectivity index (χ2n) is 5.59. The standard InChI is InChI=1S/C19H16FN5/c20-16-4-1-5-17(25-16)22-12-11-21-15-8-10-24-19-14(15)7-6-13-3-2-9-23-18(13)19/h1-10H,11-12H2,(H,21,24)(H,22,25). The van der Waals surface area contributed by atoms with Crippen LogP contribution < -0.4 is 10.6 Å². The van der Waals surface area contributed by atoms with Gasteiger partial charge in [-0.1, -0.05) is 18.2 Å². The summed E-state index contributed by atoms with van der Waals surface area (Å²) in [6.45, 7) is 1.28. The molecule has 3 aromatic heterocycles. The number of hydrogen-bond donors (Lipinski definition) is 2. The molecule has 6 heteroatoms. The van der Waals surface area contributed by atoms with E-state index in [0.717, 1.165) is 27.5 Å².